The van der Waals surface area contributed by atoms with Crippen LogP contribution in [-0.4, -0.2) is 37.4 Å². The van der Waals surface area contributed by atoms with Crippen LogP contribution in [0.3, 0.4) is 0 Å². The number of benzene rings is 1. The van der Waals surface area contributed by atoms with Gasteiger partial charge >= 0.3 is 0 Å². The summed E-state index contributed by atoms with van der Waals surface area (Å²) in [5, 5.41) is 18.3. The summed E-state index contributed by atoms with van der Waals surface area (Å²) in [6.07, 6.45) is 7.90. The van der Waals surface area contributed by atoms with Crippen molar-refractivity contribution < 1.29 is 4.79 Å². The predicted molar refractivity (Wildman–Crippen MR) is 107 cm³/mol. The van der Waals surface area contributed by atoms with Crippen molar-refractivity contribution in [3.63, 3.8) is 0 Å². The van der Waals surface area contributed by atoms with Gasteiger partial charge in [-0.3, -0.25) is 4.79 Å². The second kappa shape index (κ2) is 7.93. The summed E-state index contributed by atoms with van der Waals surface area (Å²) in [5.41, 5.74) is 4.64. The second-order valence-electron chi connectivity index (χ2n) is 7.41. The average Bonchev–Trinajstić information content (AvgIpc) is 3.41. The fraction of sp³-hybridized carbons (Fsp3) is 0.476. The number of nitrogens with one attached hydrogen (secondary N) is 3. The first-order valence-electron chi connectivity index (χ1n) is 9.81. The van der Waals surface area contributed by atoms with Crippen LogP contribution in [0.4, 0.5) is 5.69 Å². The lowest BCUT2D eigenvalue weighted by atomic mass is 9.87. The van der Waals surface area contributed by atoms with Gasteiger partial charge in [0.1, 0.15) is 0 Å². The van der Waals surface area contributed by atoms with Gasteiger partial charge in [0, 0.05) is 11.3 Å². The van der Waals surface area contributed by atoms with E-state index in [0.29, 0.717) is 12.5 Å². The molecule has 0 aromatic heterocycles. The maximum atomic E-state index is 12.6. The largest absolute Gasteiger partial charge is 0.362 e. The Kier molecular flexibility index (Phi) is 5.21. The van der Waals surface area contributed by atoms with Gasteiger partial charge < -0.3 is 16.0 Å². The smallest absolute Gasteiger partial charge is 0.290 e. The molecule has 0 bridgehead atoms. The third kappa shape index (κ3) is 3.88. The zero-order chi connectivity index (χ0) is 18.6. The summed E-state index contributed by atoms with van der Waals surface area (Å²) in [7, 11) is 0. The highest BCUT2D eigenvalue weighted by molar-refractivity contribution is 6.42. The van der Waals surface area contributed by atoms with Gasteiger partial charge in [-0.05, 0) is 74.4 Å². The molecule has 3 N–H and O–H groups in total. The third-order valence-electron chi connectivity index (χ3n) is 5.60. The van der Waals surface area contributed by atoms with Gasteiger partial charge in [0.05, 0.1) is 12.6 Å². The van der Waals surface area contributed by atoms with Crippen molar-refractivity contribution in [2.45, 2.75) is 44.1 Å². The molecule has 6 nitrogen and oxygen atoms in total. The number of amidine groups is 1. The van der Waals surface area contributed by atoms with Crippen LogP contribution in [-0.2, 0) is 4.79 Å². The molecule has 1 amide bonds. The van der Waals surface area contributed by atoms with Crippen molar-refractivity contribution in [3.05, 3.63) is 35.4 Å². The van der Waals surface area contributed by atoms with Crippen LogP contribution in [0.2, 0.25) is 0 Å². The van der Waals surface area contributed by atoms with E-state index in [2.05, 4.69) is 45.2 Å². The van der Waals surface area contributed by atoms with Crippen LogP contribution in [0.5, 0.6) is 0 Å². The lowest BCUT2D eigenvalue weighted by Crippen LogP contribution is -2.32. The summed E-state index contributed by atoms with van der Waals surface area (Å²) in [5.74, 6) is 0.548. The Balaban J connectivity index is 1.59. The topological polar surface area (TPSA) is 89.3 Å². The zero-order valence-corrected chi connectivity index (χ0v) is 15.4. The standard InChI is InChI=1S/C21H25N5O/c22-12-17-13-24-20(25-17)21(27)26-19-6-5-16(14-7-9-23-10-8-14)11-18(19)15-3-1-2-4-15/h3,5-6,11,14,17,23H,1-2,4,7-10,13H2,(H,24,25)(H,26,27). The van der Waals surface area contributed by atoms with Gasteiger partial charge in [-0.1, -0.05) is 12.1 Å². The van der Waals surface area contributed by atoms with Crippen LogP contribution in [0.15, 0.2) is 29.3 Å². The lowest BCUT2D eigenvalue weighted by molar-refractivity contribution is -0.110. The molecule has 1 aromatic rings. The highest BCUT2D eigenvalue weighted by atomic mass is 16.2. The molecule has 27 heavy (non-hydrogen) atoms. The van der Waals surface area contributed by atoms with Crippen molar-refractivity contribution >= 4 is 23.0 Å². The number of nitriles is 1. The number of nitrogens with zero attached hydrogens (tertiary/aromatic N) is 2. The molecule has 1 saturated heterocycles. The van der Waals surface area contributed by atoms with Crippen LogP contribution < -0.4 is 16.0 Å². The maximum absolute atomic E-state index is 12.6. The number of rotatable bonds is 4. The van der Waals surface area contributed by atoms with E-state index in [-0.39, 0.29) is 11.7 Å². The van der Waals surface area contributed by atoms with Crippen LogP contribution in [0.25, 0.3) is 5.57 Å². The molecule has 4 rings (SSSR count). The Bertz CT molecular complexity index is 829. The van der Waals surface area contributed by atoms with Gasteiger partial charge in [0.25, 0.3) is 5.91 Å². The third-order valence-corrected chi connectivity index (χ3v) is 5.60. The highest BCUT2D eigenvalue weighted by Gasteiger charge is 2.24. The molecule has 6 heteroatoms. The molecule has 0 saturated carbocycles. The summed E-state index contributed by atoms with van der Waals surface area (Å²) in [6.45, 7) is 2.52. The molecule has 1 fully saturated rings. The first-order valence-corrected chi connectivity index (χ1v) is 9.81. The molecule has 2 heterocycles. The molecular formula is C21H25N5O. The van der Waals surface area contributed by atoms with Gasteiger partial charge in [-0.15, -0.1) is 0 Å². The number of piperidine rings is 1. The van der Waals surface area contributed by atoms with Gasteiger partial charge in [0.15, 0.2) is 11.9 Å². The summed E-state index contributed by atoms with van der Waals surface area (Å²) >= 11 is 0. The van der Waals surface area contributed by atoms with E-state index in [1.807, 2.05) is 6.07 Å². The Labute approximate surface area is 159 Å². The summed E-state index contributed by atoms with van der Waals surface area (Å²) in [4.78, 5) is 16.7. The SMILES string of the molecule is N#CC1CNC(C(=O)Nc2ccc(C3CCNCC3)cc2C2=CCCC2)=N1. The normalized spacial score (nSPS) is 22.6. The quantitative estimate of drug-likeness (QED) is 0.767. The fourth-order valence-electron chi connectivity index (χ4n) is 4.10. The van der Waals surface area contributed by atoms with E-state index in [9.17, 15) is 4.79 Å². The molecule has 0 spiro atoms. The maximum Gasteiger partial charge on any atom is 0.290 e. The van der Waals surface area contributed by atoms with E-state index in [0.717, 1.165) is 50.0 Å². The lowest BCUT2D eigenvalue weighted by Gasteiger charge is -2.24. The number of amides is 1. The number of allylic oxidation sites excluding steroid dienone is 2. The van der Waals surface area contributed by atoms with Crippen LogP contribution in [0.1, 0.15) is 49.1 Å². The minimum absolute atomic E-state index is 0.246. The van der Waals surface area contributed by atoms with E-state index in [4.69, 9.17) is 5.26 Å². The second-order valence-corrected chi connectivity index (χ2v) is 7.41. The fourth-order valence-corrected chi connectivity index (χ4v) is 4.10. The molecule has 1 atom stereocenters. The van der Waals surface area contributed by atoms with E-state index >= 15 is 0 Å². The zero-order valence-electron chi connectivity index (χ0n) is 15.4. The van der Waals surface area contributed by atoms with E-state index < -0.39 is 6.04 Å². The van der Waals surface area contributed by atoms with Gasteiger partial charge in [-0.25, -0.2) is 4.99 Å². The number of carbonyl (C=O) groups is 1. The number of hydrogen-bond acceptors (Lipinski definition) is 5. The summed E-state index contributed by atoms with van der Waals surface area (Å²) in [6, 6.07) is 8.03. The van der Waals surface area contributed by atoms with Crippen molar-refractivity contribution in [2.24, 2.45) is 4.99 Å². The van der Waals surface area contributed by atoms with E-state index in [1.54, 1.807) is 0 Å². The molecular weight excluding hydrogens is 338 g/mol. The van der Waals surface area contributed by atoms with E-state index in [1.165, 1.54) is 17.6 Å². The Morgan fingerprint density at radius 3 is 2.85 bits per heavy atom. The minimum Gasteiger partial charge on any atom is -0.362 e. The number of carbonyl (C=O) groups excluding carboxylic acids is 1. The summed E-state index contributed by atoms with van der Waals surface area (Å²) < 4.78 is 0. The van der Waals surface area contributed by atoms with Crippen molar-refractivity contribution in [3.8, 4) is 6.07 Å². The molecule has 0 radical (unpaired) electrons. The van der Waals surface area contributed by atoms with Crippen LogP contribution >= 0.6 is 0 Å². The predicted octanol–water partition coefficient (Wildman–Crippen LogP) is 2.55. The van der Waals surface area contributed by atoms with Gasteiger partial charge in [0.2, 0.25) is 0 Å². The van der Waals surface area contributed by atoms with Crippen LogP contribution in [0, 0.1) is 11.3 Å². The Morgan fingerprint density at radius 1 is 1.30 bits per heavy atom. The molecule has 1 aliphatic carbocycles. The Morgan fingerprint density at radius 2 is 2.15 bits per heavy atom. The van der Waals surface area contributed by atoms with Crippen molar-refractivity contribution in [1.82, 2.24) is 10.6 Å². The average molecular weight is 363 g/mol. The number of anilines is 1. The molecule has 140 valence electrons. The molecule has 1 unspecified atom stereocenters. The highest BCUT2D eigenvalue weighted by Crippen LogP contribution is 2.36. The Hall–Kier alpha value is -2.65. The minimum atomic E-state index is -0.481. The number of hydrogen-bond donors (Lipinski definition) is 3. The monoisotopic (exact) mass is 363 g/mol. The van der Waals surface area contributed by atoms with Gasteiger partial charge in [-0.2, -0.15) is 5.26 Å². The molecule has 2 aliphatic heterocycles. The van der Waals surface area contributed by atoms with Crippen molar-refractivity contribution in [2.75, 3.05) is 25.0 Å². The molecule has 1 aromatic carbocycles. The number of aliphatic imine (C=N–C) groups is 1. The first-order chi connectivity index (χ1) is 13.2. The van der Waals surface area contributed by atoms with Crippen molar-refractivity contribution in [1.29, 1.82) is 5.26 Å². The first kappa shape index (κ1) is 17.7. The molecule has 3 aliphatic rings.